The molecule has 0 spiro atoms. The fraction of sp³-hybridized carbons (Fsp3) is 0.357. The van der Waals surface area contributed by atoms with E-state index in [1.807, 2.05) is 12.4 Å². The van der Waals surface area contributed by atoms with Crippen LogP contribution in [-0.4, -0.2) is 32.0 Å². The van der Waals surface area contributed by atoms with Crippen molar-refractivity contribution in [1.29, 1.82) is 0 Å². The second-order valence-corrected chi connectivity index (χ2v) is 9.91. The van der Waals surface area contributed by atoms with Gasteiger partial charge >= 0.3 is 0 Å². The fourth-order valence-electron chi connectivity index (χ4n) is 5.29. The maximum atomic E-state index is 4.63. The van der Waals surface area contributed by atoms with Crippen LogP contribution >= 0.6 is 0 Å². The molecule has 6 rings (SSSR count). The number of hydrogen-bond donors (Lipinski definition) is 4. The van der Waals surface area contributed by atoms with Gasteiger partial charge in [-0.2, -0.15) is 0 Å². The average molecular weight is 453 g/mol. The number of nitrogens with zero attached hydrogens (tertiary/aromatic N) is 2. The Labute approximate surface area is 200 Å². The average Bonchev–Trinajstić information content (AvgIpc) is 3.66. The molecule has 0 radical (unpaired) electrons. The number of benzene rings is 2. The zero-order chi connectivity index (χ0) is 23.1. The summed E-state index contributed by atoms with van der Waals surface area (Å²) in [6.07, 6.45) is 8.58. The largest absolute Gasteiger partial charge is 0.341 e. The molecule has 2 aliphatic heterocycles. The van der Waals surface area contributed by atoms with E-state index in [9.17, 15) is 0 Å². The normalized spacial score (nSPS) is 24.6. The van der Waals surface area contributed by atoms with Crippen molar-refractivity contribution >= 4 is 0 Å². The van der Waals surface area contributed by atoms with Gasteiger partial charge in [-0.05, 0) is 61.8 Å². The number of nitrogens with one attached hydrogen (secondary N) is 4. The summed E-state index contributed by atoms with van der Waals surface area (Å²) in [5, 5.41) is 7.19. The maximum absolute atomic E-state index is 4.63. The molecule has 4 atom stereocenters. The van der Waals surface area contributed by atoms with Gasteiger partial charge in [0.25, 0.3) is 0 Å². The lowest BCUT2D eigenvalue weighted by Crippen LogP contribution is -2.21. The molecule has 4 N–H and O–H groups in total. The Balaban J connectivity index is 1.15. The standard InChI is InChI=1S/C28H32N6/c1-17-3-13-23(31-17)27-29-15-25(33-27)21-9-5-19(6-10-21)20-7-11-22(12-8-20)26-16-30-28(34-26)24-14-4-18(2)32-24/h5-12,15-18,23-24,31-32H,3-4,13-14H2,1-2H3,(H,29,33)(H,30,34). The Kier molecular flexibility index (Phi) is 5.55. The van der Waals surface area contributed by atoms with Gasteiger partial charge < -0.3 is 20.6 Å². The van der Waals surface area contributed by atoms with Crippen molar-refractivity contribution in [3.8, 4) is 33.6 Å². The van der Waals surface area contributed by atoms with Gasteiger partial charge in [0.1, 0.15) is 11.6 Å². The predicted octanol–water partition coefficient (Wildman–Crippen LogP) is 5.76. The zero-order valence-electron chi connectivity index (χ0n) is 19.8. The molecule has 6 heteroatoms. The number of H-pyrrole nitrogens is 2. The zero-order valence-corrected chi connectivity index (χ0v) is 19.8. The van der Waals surface area contributed by atoms with Gasteiger partial charge in [0.05, 0.1) is 35.9 Å². The Hall–Kier alpha value is -3.22. The molecule has 4 aromatic rings. The van der Waals surface area contributed by atoms with Crippen molar-refractivity contribution in [2.45, 2.75) is 63.7 Å². The molecule has 0 aliphatic carbocycles. The smallest absolute Gasteiger partial charge is 0.123 e. The van der Waals surface area contributed by atoms with Gasteiger partial charge in [0.2, 0.25) is 0 Å². The van der Waals surface area contributed by atoms with Crippen molar-refractivity contribution in [2.75, 3.05) is 0 Å². The van der Waals surface area contributed by atoms with E-state index in [1.54, 1.807) is 0 Å². The number of hydrogen-bond acceptors (Lipinski definition) is 4. The van der Waals surface area contributed by atoms with Crippen LogP contribution < -0.4 is 10.6 Å². The van der Waals surface area contributed by atoms with E-state index < -0.39 is 0 Å². The molecular formula is C28H32N6. The summed E-state index contributed by atoms with van der Waals surface area (Å²) in [5.41, 5.74) is 6.86. The summed E-state index contributed by atoms with van der Waals surface area (Å²) in [4.78, 5) is 16.3. The molecule has 2 aliphatic rings. The number of aromatic nitrogens is 4. The van der Waals surface area contributed by atoms with E-state index in [-0.39, 0.29) is 0 Å². The van der Waals surface area contributed by atoms with E-state index in [0.29, 0.717) is 24.2 Å². The first-order chi connectivity index (χ1) is 16.6. The SMILES string of the molecule is CC1CCC(c2ncc(-c3ccc(-c4ccc(-c5cnc(C6CCC(C)N6)[nH]5)cc4)cc3)[nH]2)N1. The molecule has 0 saturated carbocycles. The number of imidazole rings is 2. The molecular weight excluding hydrogens is 420 g/mol. The molecule has 2 aromatic carbocycles. The minimum Gasteiger partial charge on any atom is -0.341 e. The third kappa shape index (κ3) is 4.19. The van der Waals surface area contributed by atoms with E-state index in [2.05, 4.69) is 92.9 Å². The third-order valence-electron chi connectivity index (χ3n) is 7.32. The van der Waals surface area contributed by atoms with E-state index in [1.165, 1.54) is 24.0 Å². The van der Waals surface area contributed by atoms with Crippen LogP contribution in [0.15, 0.2) is 60.9 Å². The highest BCUT2D eigenvalue weighted by molar-refractivity contribution is 5.71. The van der Waals surface area contributed by atoms with Gasteiger partial charge in [-0.1, -0.05) is 48.5 Å². The van der Waals surface area contributed by atoms with Crippen molar-refractivity contribution in [1.82, 2.24) is 30.6 Å². The van der Waals surface area contributed by atoms with Crippen LogP contribution in [0.5, 0.6) is 0 Å². The molecule has 34 heavy (non-hydrogen) atoms. The second kappa shape index (κ2) is 8.85. The minimum absolute atomic E-state index is 0.338. The van der Waals surface area contributed by atoms with Gasteiger partial charge in [-0.3, -0.25) is 0 Å². The van der Waals surface area contributed by atoms with Gasteiger partial charge in [0.15, 0.2) is 0 Å². The highest BCUT2D eigenvalue weighted by Gasteiger charge is 2.25. The van der Waals surface area contributed by atoms with Crippen LogP contribution in [0.2, 0.25) is 0 Å². The quantitative estimate of drug-likeness (QED) is 0.310. The monoisotopic (exact) mass is 452 g/mol. The second-order valence-electron chi connectivity index (χ2n) is 9.91. The van der Waals surface area contributed by atoms with Crippen LogP contribution in [-0.2, 0) is 0 Å². The topological polar surface area (TPSA) is 81.4 Å². The lowest BCUT2D eigenvalue weighted by Gasteiger charge is -2.08. The molecule has 4 heterocycles. The van der Waals surface area contributed by atoms with E-state index in [4.69, 9.17) is 0 Å². The van der Waals surface area contributed by atoms with Crippen molar-refractivity contribution in [3.63, 3.8) is 0 Å². The van der Waals surface area contributed by atoms with Crippen LogP contribution in [0, 0.1) is 0 Å². The first-order valence-electron chi connectivity index (χ1n) is 12.5. The Bertz CT molecular complexity index is 1150. The summed E-state index contributed by atoms with van der Waals surface area (Å²) in [7, 11) is 0. The first kappa shape index (κ1) is 21.3. The Morgan fingerprint density at radius 2 is 0.941 bits per heavy atom. The van der Waals surface area contributed by atoms with Crippen LogP contribution in [0.25, 0.3) is 33.6 Å². The van der Waals surface area contributed by atoms with Crippen molar-refractivity contribution in [2.24, 2.45) is 0 Å². The summed E-state index contributed by atoms with van der Waals surface area (Å²) in [5.74, 6) is 2.08. The summed E-state index contributed by atoms with van der Waals surface area (Å²) < 4.78 is 0. The lowest BCUT2D eigenvalue weighted by molar-refractivity contribution is 0.564. The van der Waals surface area contributed by atoms with E-state index >= 15 is 0 Å². The molecule has 4 unspecified atom stereocenters. The number of aromatic amines is 2. The number of rotatable bonds is 5. The van der Waals surface area contributed by atoms with Gasteiger partial charge in [0, 0.05) is 12.1 Å². The molecule has 2 aromatic heterocycles. The third-order valence-corrected chi connectivity index (χ3v) is 7.32. The minimum atomic E-state index is 0.338. The highest BCUT2D eigenvalue weighted by atomic mass is 15.1. The first-order valence-corrected chi connectivity index (χ1v) is 12.5. The molecule has 0 amide bonds. The van der Waals surface area contributed by atoms with Gasteiger partial charge in [-0.25, -0.2) is 9.97 Å². The predicted molar refractivity (Wildman–Crippen MR) is 136 cm³/mol. The Morgan fingerprint density at radius 3 is 1.29 bits per heavy atom. The molecule has 2 fully saturated rings. The summed E-state index contributed by atoms with van der Waals surface area (Å²) in [6.45, 7) is 4.46. The van der Waals surface area contributed by atoms with Gasteiger partial charge in [-0.15, -0.1) is 0 Å². The van der Waals surface area contributed by atoms with Crippen LogP contribution in [0.1, 0.15) is 63.3 Å². The van der Waals surface area contributed by atoms with E-state index in [0.717, 1.165) is 47.0 Å². The molecule has 0 bridgehead atoms. The van der Waals surface area contributed by atoms with Crippen molar-refractivity contribution < 1.29 is 0 Å². The highest BCUT2D eigenvalue weighted by Crippen LogP contribution is 2.30. The summed E-state index contributed by atoms with van der Waals surface area (Å²) >= 11 is 0. The molecule has 2 saturated heterocycles. The molecule has 6 nitrogen and oxygen atoms in total. The van der Waals surface area contributed by atoms with Crippen molar-refractivity contribution in [3.05, 3.63) is 72.6 Å². The lowest BCUT2D eigenvalue weighted by atomic mass is 10.0. The maximum Gasteiger partial charge on any atom is 0.123 e. The fourth-order valence-corrected chi connectivity index (χ4v) is 5.29. The van der Waals surface area contributed by atoms with Crippen LogP contribution in [0.4, 0.5) is 0 Å². The molecule has 174 valence electrons. The Morgan fingerprint density at radius 1 is 0.559 bits per heavy atom. The van der Waals surface area contributed by atoms with Crippen LogP contribution in [0.3, 0.4) is 0 Å². The summed E-state index contributed by atoms with van der Waals surface area (Å²) in [6, 6.07) is 19.2.